The van der Waals surface area contributed by atoms with Crippen LogP contribution < -0.4 is 20.1 Å². The maximum Gasteiger partial charge on any atom is 0.408 e. The molecule has 51 heavy (non-hydrogen) atoms. The van der Waals surface area contributed by atoms with E-state index in [0.29, 0.717) is 25.7 Å². The van der Waals surface area contributed by atoms with Gasteiger partial charge in [-0.05, 0) is 106 Å². The molecule has 10 nitrogen and oxygen atoms in total. The van der Waals surface area contributed by atoms with Gasteiger partial charge in [-0.25, -0.2) is 22.3 Å². The van der Waals surface area contributed by atoms with Crippen LogP contribution in [0.4, 0.5) is 9.18 Å². The summed E-state index contributed by atoms with van der Waals surface area (Å²) in [6, 6.07) is 13.9. The molecule has 1 aliphatic carbocycles. The van der Waals surface area contributed by atoms with E-state index in [1.165, 1.54) is 30.2 Å². The Labute approximate surface area is 304 Å². The zero-order chi connectivity index (χ0) is 38.0. The maximum absolute atomic E-state index is 14.0. The average molecular weight is 729 g/mol. The highest BCUT2D eigenvalue weighted by Crippen LogP contribution is 2.36. The maximum atomic E-state index is 14.0. The monoisotopic (exact) mass is 728 g/mol. The number of alkyl carbamates (subject to hydrolysis) is 1. The lowest BCUT2D eigenvalue weighted by Gasteiger charge is -2.35. The standard InChI is InChI=1S/C34H43FN4O6S.C3H8.C2H6/c1-34(2,3)45-33(41)39-30(12-7-8-19-37-46(42,43)31-13-6-5-11-28(31)35)32(40)38-29-17-14-24-21-25(44-4)15-16-26(24)27(29)20-23-10-9-18-36-22-23;1-3-2;1-2/h5-6,9-11,13,15-16,18,21-22,27,29-30,37H,7-8,12,14,17,19-20H2,1-4H3,(H,38,40)(H,39,41);3H2,1-2H3;1-2H3. The third-order valence-electron chi connectivity index (χ3n) is 7.81. The highest BCUT2D eigenvalue weighted by Gasteiger charge is 2.33. The Bertz CT molecular complexity index is 1620. The van der Waals surface area contributed by atoms with Gasteiger partial charge in [-0.2, -0.15) is 0 Å². The Morgan fingerprint density at radius 3 is 2.37 bits per heavy atom. The number of methoxy groups -OCH3 is 1. The number of unbranched alkanes of at least 4 members (excludes halogenated alkanes) is 1. The van der Waals surface area contributed by atoms with Crippen molar-refractivity contribution in [1.29, 1.82) is 0 Å². The zero-order valence-corrected chi connectivity index (χ0v) is 32.2. The SMILES string of the molecule is CC.CCC.COc1ccc2c(c1)CCC(NC(=O)C(CCCCNS(=O)(=O)c1ccccc1F)NC(=O)OC(C)(C)C)C2Cc1cccnc1. The van der Waals surface area contributed by atoms with Gasteiger partial charge in [0, 0.05) is 30.9 Å². The molecule has 0 saturated carbocycles. The Balaban J connectivity index is 0.00000171. The first-order valence-electron chi connectivity index (χ1n) is 17.9. The van der Waals surface area contributed by atoms with Crippen molar-refractivity contribution in [2.75, 3.05) is 13.7 Å². The molecule has 0 radical (unpaired) electrons. The van der Waals surface area contributed by atoms with Crippen LogP contribution in [0.1, 0.15) is 103 Å². The van der Waals surface area contributed by atoms with Crippen molar-refractivity contribution >= 4 is 22.0 Å². The minimum Gasteiger partial charge on any atom is -0.497 e. The van der Waals surface area contributed by atoms with Gasteiger partial charge >= 0.3 is 6.09 Å². The fraction of sp³-hybridized carbons (Fsp3) is 0.513. The van der Waals surface area contributed by atoms with Gasteiger partial charge in [-0.3, -0.25) is 9.78 Å². The molecule has 12 heteroatoms. The van der Waals surface area contributed by atoms with E-state index in [1.807, 2.05) is 50.4 Å². The van der Waals surface area contributed by atoms with E-state index in [1.54, 1.807) is 34.1 Å². The van der Waals surface area contributed by atoms with Crippen LogP contribution in [0, 0.1) is 5.82 Å². The van der Waals surface area contributed by atoms with Crippen molar-refractivity contribution in [3.8, 4) is 5.75 Å². The van der Waals surface area contributed by atoms with E-state index in [9.17, 15) is 22.4 Å². The van der Waals surface area contributed by atoms with Gasteiger partial charge in [0.25, 0.3) is 0 Å². The van der Waals surface area contributed by atoms with Gasteiger partial charge in [-0.15, -0.1) is 0 Å². The van der Waals surface area contributed by atoms with E-state index >= 15 is 0 Å². The highest BCUT2D eigenvalue weighted by atomic mass is 32.2. The molecule has 0 aliphatic heterocycles. The molecule has 3 aromatic rings. The third kappa shape index (κ3) is 14.3. The second-order valence-electron chi connectivity index (χ2n) is 13.1. The molecule has 1 aliphatic rings. The number of aryl methyl sites for hydroxylation is 1. The van der Waals surface area contributed by atoms with Gasteiger partial charge in [0.05, 0.1) is 7.11 Å². The topological polar surface area (TPSA) is 136 Å². The summed E-state index contributed by atoms with van der Waals surface area (Å²) < 4.78 is 52.4. The first-order chi connectivity index (χ1) is 24.3. The Kier molecular flexibility index (Phi) is 18.1. The number of ether oxygens (including phenoxy) is 2. The van der Waals surface area contributed by atoms with Gasteiger partial charge in [0.2, 0.25) is 15.9 Å². The van der Waals surface area contributed by atoms with E-state index in [4.69, 9.17) is 9.47 Å². The van der Waals surface area contributed by atoms with Crippen LogP contribution in [-0.2, 0) is 32.4 Å². The second kappa shape index (κ2) is 21.4. The number of amides is 2. The predicted octanol–water partition coefficient (Wildman–Crippen LogP) is 7.47. The molecule has 1 aromatic heterocycles. The molecule has 1 heterocycles. The molecule has 2 amide bonds. The minimum atomic E-state index is -4.03. The Morgan fingerprint density at radius 2 is 1.75 bits per heavy atom. The molecule has 0 saturated heterocycles. The van der Waals surface area contributed by atoms with Crippen LogP contribution in [0.25, 0.3) is 0 Å². The quantitative estimate of drug-likeness (QED) is 0.155. The first kappa shape index (κ1) is 43.1. The number of nitrogens with one attached hydrogen (secondary N) is 3. The number of halogens is 1. The van der Waals surface area contributed by atoms with Crippen molar-refractivity contribution in [2.24, 2.45) is 0 Å². The van der Waals surface area contributed by atoms with Crippen LogP contribution in [-0.4, -0.2) is 56.7 Å². The highest BCUT2D eigenvalue weighted by molar-refractivity contribution is 7.89. The molecule has 282 valence electrons. The Morgan fingerprint density at radius 1 is 1.04 bits per heavy atom. The summed E-state index contributed by atoms with van der Waals surface area (Å²) in [5.74, 6) is -0.451. The normalized spacial score (nSPS) is 15.8. The van der Waals surface area contributed by atoms with Crippen LogP contribution in [0.2, 0.25) is 0 Å². The van der Waals surface area contributed by atoms with Crippen molar-refractivity contribution < 1.29 is 31.9 Å². The number of carbonyl (C=O) groups is 2. The molecular weight excluding hydrogens is 672 g/mol. The lowest BCUT2D eigenvalue weighted by atomic mass is 9.76. The number of aromatic nitrogens is 1. The van der Waals surface area contributed by atoms with Crippen LogP contribution >= 0.6 is 0 Å². The van der Waals surface area contributed by atoms with Gasteiger partial charge < -0.3 is 20.1 Å². The van der Waals surface area contributed by atoms with Gasteiger partial charge in [0.1, 0.15) is 28.1 Å². The average Bonchev–Trinajstić information content (AvgIpc) is 3.09. The smallest absolute Gasteiger partial charge is 0.408 e. The van der Waals surface area contributed by atoms with Crippen LogP contribution in [0.3, 0.4) is 0 Å². The molecule has 4 rings (SSSR count). The van der Waals surface area contributed by atoms with Crippen molar-refractivity contribution in [1.82, 2.24) is 20.3 Å². The fourth-order valence-corrected chi connectivity index (χ4v) is 6.79. The lowest BCUT2D eigenvalue weighted by molar-refractivity contribution is -0.124. The number of benzene rings is 2. The van der Waals surface area contributed by atoms with Gasteiger partial charge in [-0.1, -0.05) is 58.4 Å². The van der Waals surface area contributed by atoms with Crippen LogP contribution in [0.5, 0.6) is 5.75 Å². The summed E-state index contributed by atoms with van der Waals surface area (Å²) in [7, 11) is -2.40. The zero-order valence-electron chi connectivity index (χ0n) is 31.4. The summed E-state index contributed by atoms with van der Waals surface area (Å²) in [6.45, 7) is 13.5. The number of hydrogen-bond donors (Lipinski definition) is 3. The van der Waals surface area contributed by atoms with Gasteiger partial charge in [0.15, 0.2) is 0 Å². The third-order valence-corrected chi connectivity index (χ3v) is 9.31. The fourth-order valence-electron chi connectivity index (χ4n) is 5.64. The molecule has 3 N–H and O–H groups in total. The van der Waals surface area contributed by atoms with Crippen LogP contribution in [0.15, 0.2) is 71.9 Å². The Hall–Kier alpha value is -4.03. The summed E-state index contributed by atoms with van der Waals surface area (Å²) >= 11 is 0. The molecule has 0 spiro atoms. The summed E-state index contributed by atoms with van der Waals surface area (Å²) in [6.07, 6.45) is 7.16. The second-order valence-corrected chi connectivity index (χ2v) is 14.9. The molecule has 3 atom stereocenters. The molecule has 3 unspecified atom stereocenters. The van der Waals surface area contributed by atoms with E-state index in [0.717, 1.165) is 29.4 Å². The number of hydrogen-bond acceptors (Lipinski definition) is 7. The summed E-state index contributed by atoms with van der Waals surface area (Å²) in [5.41, 5.74) is 2.57. The van der Waals surface area contributed by atoms with Crippen molar-refractivity contribution in [3.63, 3.8) is 0 Å². The number of rotatable bonds is 13. The molecule has 0 bridgehead atoms. The predicted molar refractivity (Wildman–Crippen MR) is 200 cm³/mol. The largest absolute Gasteiger partial charge is 0.497 e. The number of carbonyl (C=O) groups excluding carboxylic acids is 2. The lowest BCUT2D eigenvalue weighted by Crippen LogP contribution is -2.52. The summed E-state index contributed by atoms with van der Waals surface area (Å²) in [4.78, 5) is 30.4. The van der Waals surface area contributed by atoms with E-state index < -0.39 is 38.5 Å². The number of fused-ring (bicyclic) bond motifs is 1. The van der Waals surface area contributed by atoms with Crippen molar-refractivity contribution in [3.05, 3.63) is 89.5 Å². The number of sulfonamides is 1. The minimum absolute atomic E-state index is 0.0352. The molecule has 0 fully saturated rings. The van der Waals surface area contributed by atoms with E-state index in [2.05, 4.69) is 34.2 Å². The number of pyridine rings is 1. The molecule has 2 aromatic carbocycles. The van der Waals surface area contributed by atoms with E-state index in [-0.39, 0.29) is 30.8 Å². The van der Waals surface area contributed by atoms with Crippen molar-refractivity contribution in [2.45, 2.75) is 122 Å². The summed E-state index contributed by atoms with van der Waals surface area (Å²) in [5, 5.41) is 5.92. The molecular formula is C39H57FN4O6S. The number of nitrogens with zero attached hydrogens (tertiary/aromatic N) is 1. The first-order valence-corrected chi connectivity index (χ1v) is 19.4.